The van der Waals surface area contributed by atoms with E-state index in [4.69, 9.17) is 10.2 Å². The maximum Gasteiger partial charge on any atom is 0.332 e. The van der Waals surface area contributed by atoms with Gasteiger partial charge in [-0.2, -0.15) is 0 Å². The van der Waals surface area contributed by atoms with Crippen LogP contribution in [0.4, 0.5) is 0 Å². The molecule has 4 heteroatoms. The van der Waals surface area contributed by atoms with Crippen LogP contribution < -0.4 is 0 Å². The van der Waals surface area contributed by atoms with Crippen molar-refractivity contribution in [3.8, 4) is 0 Å². The van der Waals surface area contributed by atoms with Crippen molar-refractivity contribution in [2.24, 2.45) is 0 Å². The summed E-state index contributed by atoms with van der Waals surface area (Å²) in [5.41, 5.74) is 1.06. The quantitative estimate of drug-likeness (QED) is 0.689. The molecule has 1 atom stereocenters. The van der Waals surface area contributed by atoms with Crippen molar-refractivity contribution >= 4 is 5.97 Å². The average molecular weight is 223 g/mol. The number of hydrogen-bond acceptors (Lipinski definition) is 3. The number of nitrogens with zero attached hydrogens (tertiary/aromatic N) is 1. The first kappa shape index (κ1) is 12.6. The predicted octanol–water partition coefficient (Wildman–Crippen LogP) is 1.63. The van der Waals surface area contributed by atoms with Gasteiger partial charge in [-0.25, -0.2) is 4.79 Å². The molecule has 0 aliphatic rings. The van der Waals surface area contributed by atoms with Crippen molar-refractivity contribution in [2.75, 3.05) is 0 Å². The van der Waals surface area contributed by atoms with E-state index < -0.39 is 12.1 Å². The molecule has 0 amide bonds. The lowest BCUT2D eigenvalue weighted by Gasteiger charge is -2.04. The van der Waals surface area contributed by atoms with Crippen molar-refractivity contribution in [3.05, 3.63) is 30.1 Å². The molecule has 0 spiro atoms. The second kappa shape index (κ2) is 6.95. The number of aliphatic hydroxyl groups is 1. The standard InChI is InChI=1S/C12H17NO3/c14-11(12(15)16)8-3-1-2-6-10-7-4-5-9-13-10/h4-5,7,9,11,14H,1-3,6,8H2,(H,15,16). The normalized spacial score (nSPS) is 12.3. The molecule has 0 saturated heterocycles. The Bertz CT molecular complexity index is 313. The minimum atomic E-state index is -1.21. The Morgan fingerprint density at radius 3 is 2.75 bits per heavy atom. The van der Waals surface area contributed by atoms with Crippen molar-refractivity contribution in [1.29, 1.82) is 0 Å². The van der Waals surface area contributed by atoms with E-state index in [1.165, 1.54) is 0 Å². The Labute approximate surface area is 95.0 Å². The zero-order valence-corrected chi connectivity index (χ0v) is 9.17. The number of rotatable bonds is 7. The fraction of sp³-hybridized carbons (Fsp3) is 0.500. The number of aryl methyl sites for hydroxylation is 1. The van der Waals surface area contributed by atoms with Crippen LogP contribution in [0, 0.1) is 0 Å². The second-order valence-corrected chi connectivity index (χ2v) is 3.77. The summed E-state index contributed by atoms with van der Waals surface area (Å²) in [5, 5.41) is 17.5. The molecule has 0 saturated carbocycles. The molecule has 0 aliphatic carbocycles. The third-order valence-electron chi connectivity index (χ3n) is 2.42. The van der Waals surface area contributed by atoms with Gasteiger partial charge in [-0.05, 0) is 31.4 Å². The minimum Gasteiger partial charge on any atom is -0.479 e. The van der Waals surface area contributed by atoms with Crippen LogP contribution in [0.2, 0.25) is 0 Å². The number of carboxylic acid groups (broad SMARTS) is 1. The summed E-state index contributed by atoms with van der Waals surface area (Å²) in [5.74, 6) is -1.13. The molecule has 1 aromatic heterocycles. The molecule has 0 aliphatic heterocycles. The smallest absolute Gasteiger partial charge is 0.332 e. The van der Waals surface area contributed by atoms with E-state index >= 15 is 0 Å². The number of carboxylic acids is 1. The summed E-state index contributed by atoms with van der Waals surface area (Å²) in [6, 6.07) is 5.81. The van der Waals surface area contributed by atoms with Gasteiger partial charge < -0.3 is 10.2 Å². The maximum atomic E-state index is 10.3. The highest BCUT2D eigenvalue weighted by Gasteiger charge is 2.11. The van der Waals surface area contributed by atoms with Gasteiger partial charge in [-0.1, -0.05) is 18.9 Å². The topological polar surface area (TPSA) is 70.4 Å². The highest BCUT2D eigenvalue weighted by atomic mass is 16.4. The summed E-state index contributed by atoms with van der Waals surface area (Å²) in [4.78, 5) is 14.5. The maximum absolute atomic E-state index is 10.3. The molecule has 1 unspecified atom stereocenters. The fourth-order valence-electron chi connectivity index (χ4n) is 1.49. The first-order valence-electron chi connectivity index (χ1n) is 5.51. The Hall–Kier alpha value is -1.42. The summed E-state index contributed by atoms with van der Waals surface area (Å²) in [6.45, 7) is 0. The molecule has 88 valence electrons. The van der Waals surface area contributed by atoms with Crippen molar-refractivity contribution in [3.63, 3.8) is 0 Å². The third-order valence-corrected chi connectivity index (χ3v) is 2.42. The number of aromatic nitrogens is 1. The molecule has 0 fully saturated rings. The van der Waals surface area contributed by atoms with Gasteiger partial charge in [-0.3, -0.25) is 4.98 Å². The van der Waals surface area contributed by atoms with Crippen molar-refractivity contribution in [2.45, 2.75) is 38.2 Å². The lowest BCUT2D eigenvalue weighted by molar-refractivity contribution is -0.146. The van der Waals surface area contributed by atoms with Gasteiger partial charge in [0.15, 0.2) is 6.10 Å². The van der Waals surface area contributed by atoms with Gasteiger partial charge in [-0.15, -0.1) is 0 Å². The number of hydrogen-bond donors (Lipinski definition) is 2. The van der Waals surface area contributed by atoms with Gasteiger partial charge in [0.05, 0.1) is 0 Å². The molecular weight excluding hydrogens is 206 g/mol. The van der Waals surface area contributed by atoms with Gasteiger partial charge in [0.1, 0.15) is 0 Å². The van der Waals surface area contributed by atoms with Crippen LogP contribution in [-0.2, 0) is 11.2 Å². The first-order valence-corrected chi connectivity index (χ1v) is 5.51. The van der Waals surface area contributed by atoms with E-state index in [1.807, 2.05) is 18.2 Å². The average Bonchev–Trinajstić information content (AvgIpc) is 2.29. The van der Waals surface area contributed by atoms with Gasteiger partial charge in [0, 0.05) is 11.9 Å². The summed E-state index contributed by atoms with van der Waals surface area (Å²) in [6.07, 6.45) is 4.42. The number of carbonyl (C=O) groups is 1. The molecule has 4 nitrogen and oxygen atoms in total. The lowest BCUT2D eigenvalue weighted by atomic mass is 10.1. The van der Waals surface area contributed by atoms with Gasteiger partial charge >= 0.3 is 5.97 Å². The molecule has 1 heterocycles. The zero-order valence-electron chi connectivity index (χ0n) is 9.17. The Morgan fingerprint density at radius 1 is 1.31 bits per heavy atom. The van der Waals surface area contributed by atoms with Crippen LogP contribution in [-0.4, -0.2) is 27.3 Å². The number of aliphatic carboxylic acids is 1. The van der Waals surface area contributed by atoms with Crippen LogP contribution in [0.15, 0.2) is 24.4 Å². The van der Waals surface area contributed by atoms with Crippen molar-refractivity contribution in [1.82, 2.24) is 4.98 Å². The van der Waals surface area contributed by atoms with Gasteiger partial charge in [0.2, 0.25) is 0 Å². The van der Waals surface area contributed by atoms with E-state index in [1.54, 1.807) is 6.20 Å². The molecule has 0 aromatic carbocycles. The number of unbranched alkanes of at least 4 members (excludes halogenated alkanes) is 2. The molecule has 2 N–H and O–H groups in total. The Kier molecular flexibility index (Phi) is 5.50. The minimum absolute atomic E-state index is 0.331. The van der Waals surface area contributed by atoms with E-state index in [9.17, 15) is 4.79 Å². The molecule has 0 radical (unpaired) electrons. The van der Waals surface area contributed by atoms with E-state index in [0.29, 0.717) is 6.42 Å². The number of aliphatic hydroxyl groups excluding tert-OH is 1. The Morgan fingerprint density at radius 2 is 2.12 bits per heavy atom. The fourth-order valence-corrected chi connectivity index (χ4v) is 1.49. The van der Waals surface area contributed by atoms with E-state index in [2.05, 4.69) is 4.98 Å². The van der Waals surface area contributed by atoms with Crippen LogP contribution in [0.1, 0.15) is 31.4 Å². The summed E-state index contributed by atoms with van der Waals surface area (Å²) in [7, 11) is 0. The molecule has 1 rings (SSSR count). The highest BCUT2D eigenvalue weighted by Crippen LogP contribution is 2.07. The van der Waals surface area contributed by atoms with Crippen LogP contribution in [0.3, 0.4) is 0 Å². The van der Waals surface area contributed by atoms with E-state index in [-0.39, 0.29) is 0 Å². The van der Waals surface area contributed by atoms with E-state index in [0.717, 1.165) is 31.4 Å². The summed E-state index contributed by atoms with van der Waals surface area (Å²) < 4.78 is 0. The lowest BCUT2D eigenvalue weighted by Crippen LogP contribution is -2.18. The molecule has 1 aromatic rings. The van der Waals surface area contributed by atoms with Gasteiger partial charge in [0.25, 0.3) is 0 Å². The van der Waals surface area contributed by atoms with Crippen molar-refractivity contribution < 1.29 is 15.0 Å². The van der Waals surface area contributed by atoms with Crippen LogP contribution in [0.25, 0.3) is 0 Å². The Balaban J connectivity index is 2.07. The van der Waals surface area contributed by atoms with Crippen LogP contribution in [0.5, 0.6) is 0 Å². The summed E-state index contributed by atoms with van der Waals surface area (Å²) >= 11 is 0. The molecular formula is C12H17NO3. The largest absolute Gasteiger partial charge is 0.479 e. The highest BCUT2D eigenvalue weighted by molar-refractivity contribution is 5.71. The monoisotopic (exact) mass is 223 g/mol. The van der Waals surface area contributed by atoms with Crippen LogP contribution >= 0.6 is 0 Å². The molecule has 0 bridgehead atoms. The SMILES string of the molecule is O=C(O)C(O)CCCCCc1ccccn1. The second-order valence-electron chi connectivity index (χ2n) is 3.77. The molecule has 16 heavy (non-hydrogen) atoms. The zero-order chi connectivity index (χ0) is 11.8. The number of pyridine rings is 1. The third kappa shape index (κ3) is 4.89. The first-order chi connectivity index (χ1) is 7.70. The predicted molar refractivity (Wildman–Crippen MR) is 60.1 cm³/mol.